The molecule has 1 rings (SSSR count). The number of H-pyrrole nitrogens is 1. The van der Waals surface area contributed by atoms with Crippen molar-refractivity contribution in [1.82, 2.24) is 20.5 Å². The zero-order valence-electron chi connectivity index (χ0n) is 6.80. The lowest BCUT2D eigenvalue weighted by Crippen LogP contribution is -2.15. The van der Waals surface area contributed by atoms with Crippen LogP contribution in [0.3, 0.4) is 0 Å². The van der Waals surface area contributed by atoms with Crippen LogP contribution in [0, 0.1) is 0 Å². The second kappa shape index (κ2) is 4.85. The largest absolute Gasteiger partial charge is 0.310 e. The van der Waals surface area contributed by atoms with E-state index in [4.69, 9.17) is 0 Å². The molecule has 0 fully saturated rings. The smallest absolute Gasteiger partial charge is 0.138 e. The highest BCUT2D eigenvalue weighted by Gasteiger charge is 1.92. The van der Waals surface area contributed by atoms with Gasteiger partial charge in [0.15, 0.2) is 0 Å². The fourth-order valence-electron chi connectivity index (χ4n) is 0.825. The summed E-state index contributed by atoms with van der Waals surface area (Å²) in [5, 5.41) is 9.79. The van der Waals surface area contributed by atoms with Crippen LogP contribution >= 0.6 is 0 Å². The highest BCUT2D eigenvalue weighted by molar-refractivity contribution is 4.77. The first kappa shape index (κ1) is 8.20. The second-order valence-electron chi connectivity index (χ2n) is 2.46. The van der Waals surface area contributed by atoms with E-state index in [1.807, 2.05) is 0 Å². The molecule has 0 spiro atoms. The summed E-state index contributed by atoms with van der Waals surface area (Å²) in [6, 6.07) is 0. The van der Waals surface area contributed by atoms with Crippen LogP contribution in [-0.2, 0) is 6.54 Å². The van der Waals surface area contributed by atoms with E-state index in [1.54, 1.807) is 0 Å². The monoisotopic (exact) mass is 154 g/mol. The third-order valence-electron chi connectivity index (χ3n) is 1.46. The molecular formula is C7H14N4. The summed E-state index contributed by atoms with van der Waals surface area (Å²) in [5.74, 6) is 0.904. The molecule has 0 bridgehead atoms. The van der Waals surface area contributed by atoms with Crippen molar-refractivity contribution in [2.75, 3.05) is 6.54 Å². The van der Waals surface area contributed by atoms with Gasteiger partial charge in [-0.2, -0.15) is 5.10 Å². The maximum atomic E-state index is 3.98. The molecule has 4 nitrogen and oxygen atoms in total. The standard InChI is InChI=1S/C7H14N4/c1-2-3-4-8-5-7-9-6-10-11-7/h6,8H,2-5H2,1H3,(H,9,10,11). The number of aromatic nitrogens is 3. The second-order valence-corrected chi connectivity index (χ2v) is 2.46. The van der Waals surface area contributed by atoms with Gasteiger partial charge in [0.25, 0.3) is 0 Å². The van der Waals surface area contributed by atoms with Crippen molar-refractivity contribution >= 4 is 0 Å². The van der Waals surface area contributed by atoms with E-state index in [0.717, 1.165) is 18.9 Å². The number of aromatic amines is 1. The first-order valence-corrected chi connectivity index (χ1v) is 3.98. The Morgan fingerprint density at radius 1 is 1.64 bits per heavy atom. The molecule has 0 atom stereocenters. The number of nitrogens with one attached hydrogen (secondary N) is 2. The number of unbranched alkanes of at least 4 members (excludes halogenated alkanes) is 1. The molecule has 11 heavy (non-hydrogen) atoms. The highest BCUT2D eigenvalue weighted by atomic mass is 15.2. The Morgan fingerprint density at radius 2 is 2.55 bits per heavy atom. The van der Waals surface area contributed by atoms with E-state index in [2.05, 4.69) is 27.4 Å². The predicted molar refractivity (Wildman–Crippen MR) is 43.0 cm³/mol. The maximum Gasteiger partial charge on any atom is 0.138 e. The number of rotatable bonds is 5. The van der Waals surface area contributed by atoms with Gasteiger partial charge in [0.05, 0.1) is 6.54 Å². The maximum absolute atomic E-state index is 3.98. The Hall–Kier alpha value is -0.900. The fraction of sp³-hybridized carbons (Fsp3) is 0.714. The zero-order valence-corrected chi connectivity index (χ0v) is 6.80. The van der Waals surface area contributed by atoms with Gasteiger partial charge < -0.3 is 5.32 Å². The minimum Gasteiger partial charge on any atom is -0.310 e. The van der Waals surface area contributed by atoms with Gasteiger partial charge in [-0.05, 0) is 13.0 Å². The summed E-state index contributed by atoms with van der Waals surface area (Å²) in [6.07, 6.45) is 3.97. The van der Waals surface area contributed by atoms with Gasteiger partial charge in [0, 0.05) is 0 Å². The average Bonchev–Trinajstić information content (AvgIpc) is 2.50. The zero-order chi connectivity index (χ0) is 7.94. The van der Waals surface area contributed by atoms with E-state index in [-0.39, 0.29) is 0 Å². The minimum atomic E-state index is 0.792. The molecule has 0 unspecified atom stereocenters. The molecule has 0 saturated carbocycles. The molecule has 1 aromatic rings. The molecule has 1 heterocycles. The molecule has 0 amide bonds. The van der Waals surface area contributed by atoms with Crippen molar-refractivity contribution in [2.24, 2.45) is 0 Å². The lowest BCUT2D eigenvalue weighted by atomic mass is 10.3. The Balaban J connectivity index is 2.04. The molecule has 0 aliphatic heterocycles. The van der Waals surface area contributed by atoms with Crippen LogP contribution in [0.5, 0.6) is 0 Å². The van der Waals surface area contributed by atoms with E-state index in [9.17, 15) is 0 Å². The van der Waals surface area contributed by atoms with Crippen molar-refractivity contribution in [1.29, 1.82) is 0 Å². The summed E-state index contributed by atoms with van der Waals surface area (Å²) >= 11 is 0. The third-order valence-corrected chi connectivity index (χ3v) is 1.46. The van der Waals surface area contributed by atoms with E-state index < -0.39 is 0 Å². The Bertz CT molecular complexity index is 171. The van der Waals surface area contributed by atoms with Crippen molar-refractivity contribution in [2.45, 2.75) is 26.3 Å². The highest BCUT2D eigenvalue weighted by Crippen LogP contribution is 1.86. The quantitative estimate of drug-likeness (QED) is 0.614. The van der Waals surface area contributed by atoms with Crippen molar-refractivity contribution in [3.8, 4) is 0 Å². The molecule has 62 valence electrons. The summed E-state index contributed by atoms with van der Waals surface area (Å²) < 4.78 is 0. The molecule has 2 N–H and O–H groups in total. The van der Waals surface area contributed by atoms with Crippen LogP contribution in [0.1, 0.15) is 25.6 Å². The summed E-state index contributed by atoms with van der Waals surface area (Å²) in [6.45, 7) is 4.02. The van der Waals surface area contributed by atoms with Crippen LogP contribution in [0.15, 0.2) is 6.33 Å². The van der Waals surface area contributed by atoms with E-state index >= 15 is 0 Å². The minimum absolute atomic E-state index is 0.792. The lowest BCUT2D eigenvalue weighted by Gasteiger charge is -1.98. The fourth-order valence-corrected chi connectivity index (χ4v) is 0.825. The Labute approximate surface area is 66.4 Å². The van der Waals surface area contributed by atoms with Crippen molar-refractivity contribution < 1.29 is 0 Å². The van der Waals surface area contributed by atoms with Gasteiger partial charge in [-0.3, -0.25) is 5.10 Å². The Kier molecular flexibility index (Phi) is 3.61. The van der Waals surface area contributed by atoms with Crippen LogP contribution in [0.2, 0.25) is 0 Å². The predicted octanol–water partition coefficient (Wildman–Crippen LogP) is 0.694. The molecule has 4 heteroatoms. The van der Waals surface area contributed by atoms with Gasteiger partial charge in [0.1, 0.15) is 12.2 Å². The normalized spacial score (nSPS) is 10.3. The lowest BCUT2D eigenvalue weighted by molar-refractivity contribution is 0.624. The molecular weight excluding hydrogens is 140 g/mol. The van der Waals surface area contributed by atoms with Gasteiger partial charge in [-0.15, -0.1) is 0 Å². The molecule has 0 aliphatic rings. The van der Waals surface area contributed by atoms with Gasteiger partial charge in [0.2, 0.25) is 0 Å². The van der Waals surface area contributed by atoms with E-state index in [0.29, 0.717) is 0 Å². The van der Waals surface area contributed by atoms with Gasteiger partial charge >= 0.3 is 0 Å². The average molecular weight is 154 g/mol. The van der Waals surface area contributed by atoms with E-state index in [1.165, 1.54) is 19.2 Å². The number of hydrogen-bond donors (Lipinski definition) is 2. The molecule has 0 aromatic carbocycles. The first-order chi connectivity index (χ1) is 5.43. The topological polar surface area (TPSA) is 53.6 Å². The summed E-state index contributed by atoms with van der Waals surface area (Å²) in [4.78, 5) is 3.98. The summed E-state index contributed by atoms with van der Waals surface area (Å²) in [5.41, 5.74) is 0. The van der Waals surface area contributed by atoms with Crippen LogP contribution in [-0.4, -0.2) is 21.7 Å². The van der Waals surface area contributed by atoms with Crippen molar-refractivity contribution in [3.05, 3.63) is 12.2 Å². The van der Waals surface area contributed by atoms with Gasteiger partial charge in [-0.25, -0.2) is 4.98 Å². The number of nitrogens with zero attached hydrogens (tertiary/aromatic N) is 2. The molecule has 0 radical (unpaired) electrons. The number of hydrogen-bond acceptors (Lipinski definition) is 3. The SMILES string of the molecule is CCCCNCc1ncn[nH]1. The van der Waals surface area contributed by atoms with Crippen LogP contribution in [0.25, 0.3) is 0 Å². The van der Waals surface area contributed by atoms with Crippen LogP contribution < -0.4 is 5.32 Å². The molecule has 1 aromatic heterocycles. The molecule has 0 aliphatic carbocycles. The summed E-state index contributed by atoms with van der Waals surface area (Å²) in [7, 11) is 0. The molecule has 0 saturated heterocycles. The van der Waals surface area contributed by atoms with Crippen molar-refractivity contribution in [3.63, 3.8) is 0 Å². The third kappa shape index (κ3) is 3.13. The Morgan fingerprint density at radius 3 is 3.18 bits per heavy atom. The first-order valence-electron chi connectivity index (χ1n) is 3.98. The van der Waals surface area contributed by atoms with Gasteiger partial charge in [-0.1, -0.05) is 13.3 Å². The van der Waals surface area contributed by atoms with Crippen LogP contribution in [0.4, 0.5) is 0 Å².